The minimum absolute atomic E-state index is 0.00691. The summed E-state index contributed by atoms with van der Waals surface area (Å²) in [6, 6.07) is 4.81. The van der Waals surface area contributed by atoms with Gasteiger partial charge in [-0.05, 0) is 37.6 Å². The van der Waals surface area contributed by atoms with Gasteiger partial charge in [-0.2, -0.15) is 8.78 Å². The fourth-order valence-corrected chi connectivity index (χ4v) is 4.79. The van der Waals surface area contributed by atoms with Crippen molar-refractivity contribution < 1.29 is 27.8 Å². The van der Waals surface area contributed by atoms with E-state index in [0.717, 1.165) is 44.7 Å². The molecule has 9 heteroatoms. The van der Waals surface area contributed by atoms with Gasteiger partial charge >= 0.3 is 6.61 Å². The zero-order chi connectivity index (χ0) is 23.0. The lowest BCUT2D eigenvalue weighted by molar-refractivity contribution is -0.123. The third-order valence-electron chi connectivity index (χ3n) is 6.39. The normalized spacial score (nSPS) is 19.2. The lowest BCUT2D eigenvalue weighted by Gasteiger charge is -2.48. The Balaban J connectivity index is 1.52. The first kappa shape index (κ1) is 24.7. The number of methoxy groups -OCH3 is 1. The molecule has 180 valence electrons. The molecule has 0 atom stereocenters. The second-order valence-electron chi connectivity index (χ2n) is 8.70. The third-order valence-corrected chi connectivity index (χ3v) is 6.39. The molecule has 0 bridgehead atoms. The van der Waals surface area contributed by atoms with Crippen molar-refractivity contribution in [2.45, 2.75) is 50.8 Å². The Kier molecular flexibility index (Phi) is 9.07. The second-order valence-corrected chi connectivity index (χ2v) is 8.70. The SMILES string of the molecule is COc1cc(CN(C)CC(=O)NCC2(N3CCOCC3)CCCCC2)ccc1OC(F)F. The monoisotopic (exact) mass is 455 g/mol. The molecule has 1 saturated heterocycles. The van der Waals surface area contributed by atoms with E-state index >= 15 is 0 Å². The Bertz CT molecular complexity index is 738. The number of likely N-dealkylation sites (N-methyl/N-ethyl adjacent to an activating group) is 1. The maximum atomic E-state index is 12.7. The van der Waals surface area contributed by atoms with E-state index in [2.05, 4.69) is 15.0 Å². The van der Waals surface area contributed by atoms with Gasteiger partial charge in [0, 0.05) is 31.7 Å². The van der Waals surface area contributed by atoms with Crippen LogP contribution in [0.25, 0.3) is 0 Å². The van der Waals surface area contributed by atoms with E-state index < -0.39 is 6.61 Å². The topological polar surface area (TPSA) is 63.3 Å². The van der Waals surface area contributed by atoms with Crippen LogP contribution in [0.5, 0.6) is 11.5 Å². The Morgan fingerprint density at radius 2 is 1.94 bits per heavy atom. The van der Waals surface area contributed by atoms with Crippen LogP contribution >= 0.6 is 0 Å². The average molecular weight is 456 g/mol. The summed E-state index contributed by atoms with van der Waals surface area (Å²) < 4.78 is 40.1. The Morgan fingerprint density at radius 3 is 2.59 bits per heavy atom. The summed E-state index contributed by atoms with van der Waals surface area (Å²) in [5.74, 6) is 0.216. The molecule has 7 nitrogen and oxygen atoms in total. The fourth-order valence-electron chi connectivity index (χ4n) is 4.79. The van der Waals surface area contributed by atoms with Crippen LogP contribution in [0.15, 0.2) is 18.2 Å². The van der Waals surface area contributed by atoms with E-state index in [1.807, 2.05) is 11.9 Å². The molecule has 1 saturated carbocycles. The number of carbonyl (C=O) groups is 1. The zero-order valence-electron chi connectivity index (χ0n) is 19.1. The Morgan fingerprint density at radius 1 is 1.22 bits per heavy atom. The number of hydrogen-bond acceptors (Lipinski definition) is 6. The molecule has 32 heavy (non-hydrogen) atoms. The molecule has 3 rings (SSSR count). The van der Waals surface area contributed by atoms with E-state index in [4.69, 9.17) is 9.47 Å². The fraction of sp³-hybridized carbons (Fsp3) is 0.696. The van der Waals surface area contributed by atoms with Gasteiger partial charge in [0.05, 0.1) is 26.9 Å². The number of alkyl halides is 2. The van der Waals surface area contributed by atoms with Crippen LogP contribution in [-0.2, 0) is 16.1 Å². The number of nitrogens with one attached hydrogen (secondary N) is 1. The van der Waals surface area contributed by atoms with Gasteiger partial charge in [-0.3, -0.25) is 14.6 Å². The maximum absolute atomic E-state index is 12.7. The predicted molar refractivity (Wildman–Crippen MR) is 117 cm³/mol. The molecule has 1 heterocycles. The first-order valence-electron chi connectivity index (χ1n) is 11.3. The molecule has 0 radical (unpaired) electrons. The number of benzene rings is 1. The van der Waals surface area contributed by atoms with Crippen LogP contribution in [0.4, 0.5) is 8.78 Å². The van der Waals surface area contributed by atoms with Crippen LogP contribution in [0, 0.1) is 0 Å². The quantitative estimate of drug-likeness (QED) is 0.586. The lowest BCUT2D eigenvalue weighted by Crippen LogP contribution is -2.60. The molecule has 1 amide bonds. The first-order chi connectivity index (χ1) is 15.4. The highest BCUT2D eigenvalue weighted by Crippen LogP contribution is 2.34. The number of nitrogens with zero attached hydrogens (tertiary/aromatic N) is 2. The standard InChI is InChI=1S/C23H35F2N3O4/c1-27(15-18-6-7-19(32-22(24)25)20(14-18)30-2)16-21(29)26-17-23(8-4-3-5-9-23)28-10-12-31-13-11-28/h6-7,14,22H,3-5,8-13,15-17H2,1-2H3,(H,26,29). The number of hydrogen-bond donors (Lipinski definition) is 1. The second kappa shape index (κ2) is 11.8. The first-order valence-corrected chi connectivity index (χ1v) is 11.3. The predicted octanol–water partition coefficient (Wildman–Crippen LogP) is 2.88. The zero-order valence-corrected chi connectivity index (χ0v) is 19.1. The number of carbonyl (C=O) groups excluding carboxylic acids is 1. The number of halogens is 2. The summed E-state index contributed by atoms with van der Waals surface area (Å²) in [6.07, 6.45) is 5.86. The Hall–Kier alpha value is -1.97. The van der Waals surface area contributed by atoms with Crippen LogP contribution in [-0.4, -0.2) is 81.4 Å². The summed E-state index contributed by atoms with van der Waals surface area (Å²) in [5.41, 5.74) is 0.875. The highest BCUT2D eigenvalue weighted by atomic mass is 19.3. The molecule has 0 unspecified atom stereocenters. The van der Waals surface area contributed by atoms with Crippen molar-refractivity contribution in [3.8, 4) is 11.5 Å². The Labute approximate surface area is 189 Å². The highest BCUT2D eigenvalue weighted by molar-refractivity contribution is 5.78. The minimum Gasteiger partial charge on any atom is -0.493 e. The third kappa shape index (κ3) is 6.76. The van der Waals surface area contributed by atoms with Gasteiger partial charge in [0.15, 0.2) is 11.5 Å². The summed E-state index contributed by atoms with van der Waals surface area (Å²) in [5, 5.41) is 3.17. The average Bonchev–Trinajstić information content (AvgIpc) is 2.79. The summed E-state index contributed by atoms with van der Waals surface area (Å²) in [6.45, 7) is 1.82. The minimum atomic E-state index is -2.91. The number of ether oxygens (including phenoxy) is 3. The number of rotatable bonds is 10. The van der Waals surface area contributed by atoms with Gasteiger partial charge in [0.2, 0.25) is 5.91 Å². The van der Waals surface area contributed by atoms with E-state index in [1.54, 1.807) is 12.1 Å². The summed E-state index contributed by atoms with van der Waals surface area (Å²) in [4.78, 5) is 17.1. The van der Waals surface area contributed by atoms with Crippen molar-refractivity contribution in [3.05, 3.63) is 23.8 Å². The largest absolute Gasteiger partial charge is 0.493 e. The van der Waals surface area contributed by atoms with Crippen LogP contribution < -0.4 is 14.8 Å². The van der Waals surface area contributed by atoms with Gasteiger partial charge in [0.25, 0.3) is 0 Å². The molecule has 1 aromatic rings. The molecule has 0 spiro atoms. The van der Waals surface area contributed by atoms with Crippen LogP contribution in [0.1, 0.15) is 37.7 Å². The highest BCUT2D eigenvalue weighted by Gasteiger charge is 2.38. The summed E-state index contributed by atoms with van der Waals surface area (Å²) in [7, 11) is 3.26. The summed E-state index contributed by atoms with van der Waals surface area (Å²) >= 11 is 0. The van der Waals surface area contributed by atoms with Crippen LogP contribution in [0.2, 0.25) is 0 Å². The van der Waals surface area contributed by atoms with Crippen molar-refractivity contribution in [2.75, 3.05) is 53.6 Å². The van der Waals surface area contributed by atoms with Crippen molar-refractivity contribution >= 4 is 5.91 Å². The molecular formula is C23H35F2N3O4. The van der Waals surface area contributed by atoms with Gasteiger partial charge in [-0.1, -0.05) is 25.3 Å². The molecule has 1 aliphatic carbocycles. The lowest BCUT2D eigenvalue weighted by atomic mass is 9.79. The van der Waals surface area contributed by atoms with Gasteiger partial charge < -0.3 is 19.5 Å². The number of amides is 1. The number of morpholine rings is 1. The maximum Gasteiger partial charge on any atom is 0.387 e. The molecule has 1 N–H and O–H groups in total. The van der Waals surface area contributed by atoms with E-state index in [0.29, 0.717) is 13.1 Å². The van der Waals surface area contributed by atoms with Crippen molar-refractivity contribution in [1.82, 2.24) is 15.1 Å². The smallest absolute Gasteiger partial charge is 0.387 e. The van der Waals surface area contributed by atoms with Gasteiger partial charge in [-0.15, -0.1) is 0 Å². The van der Waals surface area contributed by atoms with E-state index in [-0.39, 0.29) is 29.5 Å². The van der Waals surface area contributed by atoms with Gasteiger partial charge in [0.1, 0.15) is 0 Å². The van der Waals surface area contributed by atoms with E-state index in [1.165, 1.54) is 32.4 Å². The molecular weight excluding hydrogens is 420 g/mol. The molecule has 2 aliphatic rings. The molecule has 2 fully saturated rings. The van der Waals surface area contributed by atoms with Crippen molar-refractivity contribution in [3.63, 3.8) is 0 Å². The van der Waals surface area contributed by atoms with Crippen molar-refractivity contribution in [2.24, 2.45) is 0 Å². The van der Waals surface area contributed by atoms with Crippen molar-refractivity contribution in [1.29, 1.82) is 0 Å². The van der Waals surface area contributed by atoms with Crippen LogP contribution in [0.3, 0.4) is 0 Å². The molecule has 1 aromatic carbocycles. The van der Waals surface area contributed by atoms with E-state index in [9.17, 15) is 13.6 Å². The molecule has 0 aromatic heterocycles. The molecule has 1 aliphatic heterocycles. The van der Waals surface area contributed by atoms with Gasteiger partial charge in [-0.25, -0.2) is 0 Å².